The molecule has 12 heteroatoms. The minimum Gasteiger partial charge on any atom is -0.507 e. The number of hydrogen-bond donors (Lipinski definition) is 1. The van der Waals surface area contributed by atoms with Crippen LogP contribution < -0.4 is 14.2 Å². The molecule has 1 N–H and O–H groups in total. The average molecular weight is 808 g/mol. The maximum absolute atomic E-state index is 15.9. The summed E-state index contributed by atoms with van der Waals surface area (Å²) in [5.41, 5.74) is 2.15. The third-order valence-electron chi connectivity index (χ3n) is 12.9. The molecule has 58 heavy (non-hydrogen) atoms. The van der Waals surface area contributed by atoms with Gasteiger partial charge in [0, 0.05) is 28.7 Å². The molecule has 0 radical (unpaired) electrons. The molecule has 0 unspecified atom stereocenters. The van der Waals surface area contributed by atoms with Gasteiger partial charge in [-0.05, 0) is 94.4 Å². The Kier molecular flexibility index (Phi) is 11.0. The molecule has 7 rings (SSSR count). The molecule has 1 fully saturated rings. The van der Waals surface area contributed by atoms with Gasteiger partial charge in [-0.25, -0.2) is 0 Å². The Morgan fingerprint density at radius 3 is 2.09 bits per heavy atom. The van der Waals surface area contributed by atoms with Crippen molar-refractivity contribution in [3.63, 3.8) is 0 Å². The standard InChI is InChI=1S/C46H57N3O8Si/c1-27(48(5)6)31-24-34(54-25-28-18-14-12-15-19-28)36-32(40(31)53-9)22-30-23-33-38(49(7)8)41-37(44(47-56-41)55-26-29-20-16-13-17-21-29)43(52)46(33,42(51)35(30)39(36)50)57-58(10,11)45(2,3)4/h12-21,24,27,30,33,38,50H,22-23,25-26H2,1-11H3/t27-,30-,33-,38-,46-/m0/s1. The molecule has 0 aliphatic heterocycles. The van der Waals surface area contributed by atoms with Crippen LogP contribution in [0.2, 0.25) is 18.1 Å². The largest absolute Gasteiger partial charge is 0.507 e. The van der Waals surface area contributed by atoms with Crippen molar-refractivity contribution in [2.24, 2.45) is 11.8 Å². The van der Waals surface area contributed by atoms with Crippen molar-refractivity contribution in [3.05, 3.63) is 111 Å². The van der Waals surface area contributed by atoms with Crippen molar-refractivity contribution in [2.75, 3.05) is 35.3 Å². The maximum Gasteiger partial charge on any atom is 0.265 e. The van der Waals surface area contributed by atoms with E-state index in [1.165, 1.54) is 0 Å². The fourth-order valence-electron chi connectivity index (χ4n) is 8.69. The number of carbonyl (C=O) groups excluding carboxylic acids is 2. The van der Waals surface area contributed by atoms with E-state index in [0.717, 1.165) is 22.3 Å². The summed E-state index contributed by atoms with van der Waals surface area (Å²) in [6, 6.07) is 20.7. The van der Waals surface area contributed by atoms with Crippen molar-refractivity contribution in [2.45, 2.75) is 89.6 Å². The number of Topliss-reactive ketones (excluding diaryl/α,β-unsaturated/α-hetero) is 2. The summed E-state index contributed by atoms with van der Waals surface area (Å²) in [5.74, 6) is -1.06. The van der Waals surface area contributed by atoms with Crippen molar-refractivity contribution in [3.8, 4) is 17.4 Å². The second-order valence-electron chi connectivity index (χ2n) is 17.9. The van der Waals surface area contributed by atoms with Gasteiger partial charge in [0.15, 0.2) is 19.7 Å². The Hall–Kier alpha value is -4.75. The van der Waals surface area contributed by atoms with Crippen LogP contribution in [0.25, 0.3) is 5.76 Å². The first-order chi connectivity index (χ1) is 27.4. The van der Waals surface area contributed by atoms with Crippen LogP contribution in [0, 0.1) is 11.8 Å². The average Bonchev–Trinajstić information content (AvgIpc) is 3.60. The molecule has 4 aromatic rings. The van der Waals surface area contributed by atoms with Crippen LogP contribution in [0.15, 0.2) is 76.8 Å². The highest BCUT2D eigenvalue weighted by Crippen LogP contribution is 2.60. The zero-order valence-corrected chi connectivity index (χ0v) is 36.6. The topological polar surface area (TPSA) is 124 Å². The Labute approximate surface area is 343 Å². The lowest BCUT2D eigenvalue weighted by molar-refractivity contribution is -0.140. The highest BCUT2D eigenvalue weighted by atomic mass is 28.4. The molecular formula is C46H57N3O8Si. The second-order valence-corrected chi connectivity index (χ2v) is 22.7. The molecular weight excluding hydrogens is 751 g/mol. The minimum absolute atomic E-state index is 0.0124. The van der Waals surface area contributed by atoms with Gasteiger partial charge >= 0.3 is 0 Å². The van der Waals surface area contributed by atoms with Crippen LogP contribution in [0.1, 0.15) is 90.1 Å². The quantitative estimate of drug-likeness (QED) is 0.109. The van der Waals surface area contributed by atoms with Gasteiger partial charge in [-0.3, -0.25) is 14.5 Å². The third kappa shape index (κ3) is 6.87. The lowest BCUT2D eigenvalue weighted by Gasteiger charge is -2.55. The SMILES string of the molecule is COc1c([C@H](C)N(C)C)cc(OCc2ccccc2)c2c1C[C@H]1C[C@H]3[C@H](N(C)C)c4onc(OCc5ccccc5)c4C(=O)[C@@]3(O[Si](C)(C)C(C)(C)C)C(=O)C1=C2O. The van der Waals surface area contributed by atoms with Gasteiger partial charge in [0.1, 0.15) is 36.0 Å². The summed E-state index contributed by atoms with van der Waals surface area (Å²) in [6.07, 6.45) is 0.708. The smallest absolute Gasteiger partial charge is 0.265 e. The molecule has 3 aliphatic carbocycles. The Balaban J connectivity index is 1.44. The first-order valence-corrected chi connectivity index (χ1v) is 23.0. The van der Waals surface area contributed by atoms with Crippen molar-refractivity contribution < 1.29 is 37.9 Å². The van der Waals surface area contributed by atoms with E-state index in [1.807, 2.05) is 113 Å². The molecule has 0 spiro atoms. The summed E-state index contributed by atoms with van der Waals surface area (Å²) < 4.78 is 32.3. The van der Waals surface area contributed by atoms with E-state index >= 15 is 9.59 Å². The number of aromatic nitrogens is 1. The van der Waals surface area contributed by atoms with E-state index in [1.54, 1.807) is 7.11 Å². The molecule has 308 valence electrons. The first kappa shape index (κ1) is 41.4. The summed E-state index contributed by atoms with van der Waals surface area (Å²) in [7, 11) is 6.55. The first-order valence-electron chi connectivity index (χ1n) is 20.1. The molecule has 0 bridgehead atoms. The fraction of sp³-hybridized carbons (Fsp3) is 0.457. The maximum atomic E-state index is 15.9. The number of carbonyl (C=O) groups is 2. The van der Waals surface area contributed by atoms with Gasteiger partial charge in [0.2, 0.25) is 11.6 Å². The Bertz CT molecular complexity index is 2230. The highest BCUT2D eigenvalue weighted by Gasteiger charge is 2.69. The van der Waals surface area contributed by atoms with Gasteiger partial charge in [0.25, 0.3) is 5.88 Å². The Morgan fingerprint density at radius 2 is 1.53 bits per heavy atom. The molecule has 1 heterocycles. The number of ether oxygens (including phenoxy) is 3. The minimum atomic E-state index is -2.91. The molecule has 3 aromatic carbocycles. The van der Waals surface area contributed by atoms with Crippen LogP contribution in [0.3, 0.4) is 0 Å². The third-order valence-corrected chi connectivity index (χ3v) is 17.4. The van der Waals surface area contributed by atoms with Crippen molar-refractivity contribution in [1.82, 2.24) is 15.0 Å². The van der Waals surface area contributed by atoms with Gasteiger partial charge in [0.05, 0.1) is 18.7 Å². The summed E-state index contributed by atoms with van der Waals surface area (Å²) in [4.78, 5) is 35.6. The zero-order chi connectivity index (χ0) is 41.9. The summed E-state index contributed by atoms with van der Waals surface area (Å²) >= 11 is 0. The normalized spacial score (nSPS) is 22.3. The second kappa shape index (κ2) is 15.4. The molecule has 3 aliphatic rings. The number of rotatable bonds is 12. The predicted octanol–water partition coefficient (Wildman–Crippen LogP) is 8.75. The fourth-order valence-corrected chi connectivity index (χ4v) is 10.1. The van der Waals surface area contributed by atoms with E-state index in [-0.39, 0.29) is 47.1 Å². The monoisotopic (exact) mass is 807 g/mol. The molecule has 1 aromatic heterocycles. The van der Waals surface area contributed by atoms with Crippen LogP contribution in [0.5, 0.6) is 17.4 Å². The summed E-state index contributed by atoms with van der Waals surface area (Å²) in [6.45, 7) is 12.8. The van der Waals surface area contributed by atoms with E-state index in [9.17, 15) is 5.11 Å². The van der Waals surface area contributed by atoms with Gasteiger partial charge in [-0.2, -0.15) is 0 Å². The molecule has 1 saturated carbocycles. The number of nitrogens with zero attached hydrogens (tertiary/aromatic N) is 3. The molecule has 0 saturated heterocycles. The van der Waals surface area contributed by atoms with Crippen LogP contribution in [0.4, 0.5) is 0 Å². The summed E-state index contributed by atoms with van der Waals surface area (Å²) in [5, 5.41) is 16.6. The Morgan fingerprint density at radius 1 is 0.931 bits per heavy atom. The van der Waals surface area contributed by atoms with Crippen molar-refractivity contribution in [1.29, 1.82) is 0 Å². The highest BCUT2D eigenvalue weighted by molar-refractivity contribution is 6.74. The lowest BCUT2D eigenvalue weighted by atomic mass is 9.57. The van der Waals surface area contributed by atoms with Gasteiger partial charge in [-0.1, -0.05) is 81.4 Å². The van der Waals surface area contributed by atoms with E-state index in [4.69, 9.17) is 23.2 Å². The van der Waals surface area contributed by atoms with Crippen LogP contribution in [-0.2, 0) is 28.9 Å². The molecule has 0 amide bonds. The molecule has 5 atom stereocenters. The van der Waals surface area contributed by atoms with Crippen LogP contribution >= 0.6 is 0 Å². The lowest BCUT2D eigenvalue weighted by Crippen LogP contribution is -2.68. The van der Waals surface area contributed by atoms with Gasteiger partial charge < -0.3 is 33.2 Å². The van der Waals surface area contributed by atoms with E-state index in [0.29, 0.717) is 35.7 Å². The van der Waals surface area contributed by atoms with Gasteiger partial charge in [-0.15, -0.1) is 0 Å². The van der Waals surface area contributed by atoms with E-state index < -0.39 is 43.4 Å². The number of aliphatic hydroxyl groups is 1. The van der Waals surface area contributed by atoms with Crippen LogP contribution in [-0.4, -0.2) is 80.8 Å². The number of hydrogen-bond acceptors (Lipinski definition) is 11. The molecule has 11 nitrogen and oxygen atoms in total. The number of aliphatic hydroxyl groups excluding tert-OH is 1. The van der Waals surface area contributed by atoms with Crippen molar-refractivity contribution >= 4 is 25.6 Å². The number of benzene rings is 3. The predicted molar refractivity (Wildman–Crippen MR) is 225 cm³/mol. The zero-order valence-electron chi connectivity index (χ0n) is 35.6. The van der Waals surface area contributed by atoms with E-state index in [2.05, 4.69) is 37.8 Å². The number of ketones is 2. The number of fused-ring (bicyclic) bond motifs is 4. The number of methoxy groups -OCH3 is 1.